The van der Waals surface area contributed by atoms with Crippen molar-refractivity contribution in [3.8, 4) is 6.07 Å². The van der Waals surface area contributed by atoms with Crippen LogP contribution < -0.4 is 5.32 Å². The van der Waals surface area contributed by atoms with Crippen molar-refractivity contribution in [3.63, 3.8) is 0 Å². The van der Waals surface area contributed by atoms with Gasteiger partial charge in [-0.3, -0.25) is 4.79 Å². The van der Waals surface area contributed by atoms with E-state index in [1.165, 1.54) is 12.3 Å². The standard InChI is InChI=1S/C19H26N4O3/c1-13(22-17(24)16-8-7-14(10-20)11-21-16)15-6-5-9-23(12-15)18(25)26-19(2,3)4/h7-8,11,13,15H,5-6,9,12H2,1-4H3,(H,22,24)/t13-,15-/m1/s1. The van der Waals surface area contributed by atoms with Gasteiger partial charge in [0.25, 0.3) is 5.91 Å². The average molecular weight is 358 g/mol. The number of rotatable bonds is 3. The van der Waals surface area contributed by atoms with E-state index < -0.39 is 5.60 Å². The molecule has 0 radical (unpaired) electrons. The van der Waals surface area contributed by atoms with Crippen molar-refractivity contribution < 1.29 is 14.3 Å². The Morgan fingerprint density at radius 3 is 2.73 bits per heavy atom. The van der Waals surface area contributed by atoms with Gasteiger partial charge in [0.1, 0.15) is 17.4 Å². The molecule has 7 nitrogen and oxygen atoms in total. The average Bonchev–Trinajstić information content (AvgIpc) is 2.60. The van der Waals surface area contributed by atoms with E-state index in [-0.39, 0.29) is 29.7 Å². The van der Waals surface area contributed by atoms with Crippen LogP contribution in [-0.4, -0.2) is 46.6 Å². The van der Waals surface area contributed by atoms with E-state index in [0.29, 0.717) is 18.7 Å². The number of hydrogen-bond donors (Lipinski definition) is 1. The van der Waals surface area contributed by atoms with Crippen molar-refractivity contribution in [1.29, 1.82) is 5.26 Å². The molecule has 0 spiro atoms. The minimum Gasteiger partial charge on any atom is -0.444 e. The van der Waals surface area contributed by atoms with E-state index in [4.69, 9.17) is 10.00 Å². The van der Waals surface area contributed by atoms with Crippen LogP contribution in [0.1, 0.15) is 56.6 Å². The normalized spacial score (nSPS) is 18.6. The van der Waals surface area contributed by atoms with Gasteiger partial charge in [0.05, 0.1) is 5.56 Å². The molecule has 1 aliphatic rings. The van der Waals surface area contributed by atoms with Gasteiger partial charge in [-0.15, -0.1) is 0 Å². The summed E-state index contributed by atoms with van der Waals surface area (Å²) in [5.74, 6) is -0.130. The van der Waals surface area contributed by atoms with Crippen LogP contribution in [0, 0.1) is 17.2 Å². The Kier molecular flexibility index (Phi) is 6.19. The molecule has 1 aromatic rings. The quantitative estimate of drug-likeness (QED) is 0.896. The third-order valence-corrected chi connectivity index (χ3v) is 4.30. The van der Waals surface area contributed by atoms with Crippen molar-refractivity contribution >= 4 is 12.0 Å². The van der Waals surface area contributed by atoms with Crippen LogP contribution in [0.15, 0.2) is 18.3 Å². The summed E-state index contributed by atoms with van der Waals surface area (Å²) < 4.78 is 5.44. The van der Waals surface area contributed by atoms with Crippen LogP contribution in [0.2, 0.25) is 0 Å². The molecule has 26 heavy (non-hydrogen) atoms. The van der Waals surface area contributed by atoms with Gasteiger partial charge in [0.2, 0.25) is 0 Å². The third kappa shape index (κ3) is 5.45. The van der Waals surface area contributed by atoms with Gasteiger partial charge in [0.15, 0.2) is 0 Å². The molecule has 0 saturated carbocycles. The fraction of sp³-hybridized carbons (Fsp3) is 0.579. The summed E-state index contributed by atoms with van der Waals surface area (Å²) in [6.07, 6.45) is 2.88. The van der Waals surface area contributed by atoms with Crippen molar-refractivity contribution in [2.75, 3.05) is 13.1 Å². The lowest BCUT2D eigenvalue weighted by Gasteiger charge is -2.36. The predicted molar refractivity (Wildman–Crippen MR) is 96.4 cm³/mol. The number of hydrogen-bond acceptors (Lipinski definition) is 5. The summed E-state index contributed by atoms with van der Waals surface area (Å²) in [6.45, 7) is 8.70. The SMILES string of the molecule is C[C@@H](NC(=O)c1ccc(C#N)cn1)[C@@H]1CCCN(C(=O)OC(C)(C)C)C1. The first-order valence-corrected chi connectivity index (χ1v) is 8.84. The number of aromatic nitrogens is 1. The fourth-order valence-electron chi connectivity index (χ4n) is 2.90. The minimum atomic E-state index is -0.523. The molecule has 1 N–H and O–H groups in total. The maximum Gasteiger partial charge on any atom is 0.410 e. The van der Waals surface area contributed by atoms with E-state index in [0.717, 1.165) is 12.8 Å². The molecule has 2 heterocycles. The van der Waals surface area contributed by atoms with E-state index >= 15 is 0 Å². The number of carbonyl (C=O) groups excluding carboxylic acids is 2. The van der Waals surface area contributed by atoms with Crippen LogP contribution in [-0.2, 0) is 4.74 Å². The number of nitrogens with zero attached hydrogens (tertiary/aromatic N) is 3. The number of pyridine rings is 1. The number of amides is 2. The highest BCUT2D eigenvalue weighted by molar-refractivity contribution is 5.92. The lowest BCUT2D eigenvalue weighted by molar-refractivity contribution is 0.0150. The Balaban J connectivity index is 1.93. The summed E-state index contributed by atoms with van der Waals surface area (Å²) >= 11 is 0. The second kappa shape index (κ2) is 8.17. The molecule has 140 valence electrons. The number of nitriles is 1. The van der Waals surface area contributed by atoms with E-state index in [1.54, 1.807) is 11.0 Å². The van der Waals surface area contributed by atoms with Gasteiger partial charge < -0.3 is 15.0 Å². The van der Waals surface area contributed by atoms with Crippen LogP contribution in [0.5, 0.6) is 0 Å². The maximum atomic E-state index is 12.3. The smallest absolute Gasteiger partial charge is 0.410 e. The zero-order valence-electron chi connectivity index (χ0n) is 15.8. The first kappa shape index (κ1) is 19.7. The predicted octanol–water partition coefficient (Wildman–Crippen LogP) is 2.72. The lowest BCUT2D eigenvalue weighted by atomic mass is 9.91. The number of piperidine rings is 1. The molecule has 0 aromatic carbocycles. The van der Waals surface area contributed by atoms with E-state index in [9.17, 15) is 9.59 Å². The van der Waals surface area contributed by atoms with Gasteiger partial charge in [-0.25, -0.2) is 9.78 Å². The van der Waals surface area contributed by atoms with Crippen molar-refractivity contribution in [1.82, 2.24) is 15.2 Å². The summed E-state index contributed by atoms with van der Waals surface area (Å²) in [6, 6.07) is 4.97. The van der Waals surface area contributed by atoms with Crippen LogP contribution in [0.3, 0.4) is 0 Å². The molecule has 2 atom stereocenters. The minimum absolute atomic E-state index is 0.106. The molecule has 1 fully saturated rings. The van der Waals surface area contributed by atoms with Gasteiger partial charge in [-0.1, -0.05) is 0 Å². The fourth-order valence-corrected chi connectivity index (χ4v) is 2.90. The lowest BCUT2D eigenvalue weighted by Crippen LogP contribution is -2.49. The largest absolute Gasteiger partial charge is 0.444 e. The summed E-state index contributed by atoms with van der Waals surface area (Å²) in [5.41, 5.74) is 0.163. The first-order chi connectivity index (χ1) is 12.2. The molecule has 2 rings (SSSR count). The Morgan fingerprint density at radius 2 is 2.15 bits per heavy atom. The Morgan fingerprint density at radius 1 is 1.42 bits per heavy atom. The van der Waals surface area contributed by atoms with Gasteiger partial charge in [-0.05, 0) is 58.6 Å². The molecular formula is C19H26N4O3. The Labute approximate surface area is 154 Å². The highest BCUT2D eigenvalue weighted by Crippen LogP contribution is 2.22. The van der Waals surface area contributed by atoms with Gasteiger partial charge in [0, 0.05) is 25.3 Å². The molecule has 1 aliphatic heterocycles. The monoisotopic (exact) mass is 358 g/mol. The molecular weight excluding hydrogens is 332 g/mol. The third-order valence-electron chi connectivity index (χ3n) is 4.30. The highest BCUT2D eigenvalue weighted by Gasteiger charge is 2.30. The van der Waals surface area contributed by atoms with Crippen molar-refractivity contribution in [2.24, 2.45) is 5.92 Å². The molecule has 1 saturated heterocycles. The molecule has 0 bridgehead atoms. The highest BCUT2D eigenvalue weighted by atomic mass is 16.6. The van der Waals surface area contributed by atoms with E-state index in [2.05, 4.69) is 10.3 Å². The summed E-state index contributed by atoms with van der Waals surface area (Å²) in [4.78, 5) is 30.3. The van der Waals surface area contributed by atoms with E-state index in [1.807, 2.05) is 33.8 Å². The number of carbonyl (C=O) groups is 2. The summed E-state index contributed by atoms with van der Waals surface area (Å²) in [5, 5.41) is 11.7. The molecule has 0 aliphatic carbocycles. The second-order valence-corrected chi connectivity index (χ2v) is 7.63. The second-order valence-electron chi connectivity index (χ2n) is 7.63. The topological polar surface area (TPSA) is 95.3 Å². The molecule has 0 unspecified atom stereocenters. The van der Waals surface area contributed by atoms with Gasteiger partial charge >= 0.3 is 6.09 Å². The van der Waals surface area contributed by atoms with Crippen molar-refractivity contribution in [2.45, 2.75) is 52.2 Å². The zero-order chi connectivity index (χ0) is 19.3. The van der Waals surface area contributed by atoms with Gasteiger partial charge in [-0.2, -0.15) is 5.26 Å². The molecule has 2 amide bonds. The number of ether oxygens (including phenoxy) is 1. The number of likely N-dealkylation sites (tertiary alicyclic amines) is 1. The van der Waals surface area contributed by atoms with Crippen molar-refractivity contribution in [3.05, 3.63) is 29.6 Å². The van der Waals surface area contributed by atoms with Crippen LogP contribution >= 0.6 is 0 Å². The molecule has 7 heteroatoms. The first-order valence-electron chi connectivity index (χ1n) is 8.84. The Bertz CT molecular complexity index is 688. The zero-order valence-corrected chi connectivity index (χ0v) is 15.8. The Hall–Kier alpha value is -2.62. The van der Waals surface area contributed by atoms with Crippen LogP contribution in [0.4, 0.5) is 4.79 Å². The van der Waals surface area contributed by atoms with Crippen LogP contribution in [0.25, 0.3) is 0 Å². The summed E-state index contributed by atoms with van der Waals surface area (Å²) in [7, 11) is 0. The molecule has 1 aromatic heterocycles. The number of nitrogens with one attached hydrogen (secondary N) is 1. The maximum absolute atomic E-state index is 12.3.